The summed E-state index contributed by atoms with van der Waals surface area (Å²) in [5.74, 6) is 0. The zero-order chi connectivity index (χ0) is 16.6. The number of carbonyl (C=O) groups is 1. The predicted molar refractivity (Wildman–Crippen MR) is 77.8 cm³/mol. The molecule has 1 aromatic carbocycles. The van der Waals surface area contributed by atoms with Gasteiger partial charge in [-0.05, 0) is 19.1 Å². The number of hydrogen-bond acceptors (Lipinski definition) is 3. The average molecular weight is 320 g/mol. The summed E-state index contributed by atoms with van der Waals surface area (Å²) in [4.78, 5) is 14.9. The summed E-state index contributed by atoms with van der Waals surface area (Å²) in [6.07, 6.45) is -2.50. The Hall–Kier alpha value is -2.90. The Kier molecular flexibility index (Phi) is 3.51. The number of aromatic nitrogens is 3. The zero-order valence-electron chi connectivity index (χ0n) is 11.9. The van der Waals surface area contributed by atoms with Crippen LogP contribution in [0.1, 0.15) is 11.3 Å². The first kappa shape index (κ1) is 15.0. The number of carbonyl (C=O) groups excluding carboxylic acids is 1. The van der Waals surface area contributed by atoms with Gasteiger partial charge in [-0.3, -0.25) is 4.79 Å². The van der Waals surface area contributed by atoms with Crippen LogP contribution in [0.4, 0.5) is 18.9 Å². The van der Waals surface area contributed by atoms with E-state index in [2.05, 4.69) is 15.4 Å². The molecular formula is C15H11F3N4O. The molecule has 0 saturated carbocycles. The van der Waals surface area contributed by atoms with Crippen LogP contribution >= 0.6 is 0 Å². The fraction of sp³-hybridized carbons (Fsp3) is 0.133. The van der Waals surface area contributed by atoms with Gasteiger partial charge in [0.2, 0.25) is 6.41 Å². The van der Waals surface area contributed by atoms with Crippen molar-refractivity contribution in [1.82, 2.24) is 14.6 Å². The maximum Gasteiger partial charge on any atom is 0.417 e. The van der Waals surface area contributed by atoms with Gasteiger partial charge in [-0.1, -0.05) is 18.2 Å². The Balaban J connectivity index is 2.22. The third-order valence-corrected chi connectivity index (χ3v) is 3.37. The molecule has 5 nitrogen and oxygen atoms in total. The molecule has 0 aliphatic heterocycles. The molecule has 3 rings (SSSR count). The Morgan fingerprint density at radius 1 is 1.22 bits per heavy atom. The van der Waals surface area contributed by atoms with Gasteiger partial charge in [0.25, 0.3) is 0 Å². The first-order valence-corrected chi connectivity index (χ1v) is 6.64. The zero-order valence-corrected chi connectivity index (χ0v) is 11.9. The Morgan fingerprint density at radius 2 is 1.96 bits per heavy atom. The third kappa shape index (κ3) is 2.63. The fourth-order valence-electron chi connectivity index (χ4n) is 2.37. The van der Waals surface area contributed by atoms with E-state index < -0.39 is 11.7 Å². The van der Waals surface area contributed by atoms with Gasteiger partial charge in [0, 0.05) is 11.8 Å². The summed E-state index contributed by atoms with van der Waals surface area (Å²) in [7, 11) is 0. The van der Waals surface area contributed by atoms with Crippen LogP contribution in [0.2, 0.25) is 0 Å². The van der Waals surface area contributed by atoms with Crippen LogP contribution in [-0.2, 0) is 11.0 Å². The van der Waals surface area contributed by atoms with Gasteiger partial charge in [0.15, 0.2) is 5.65 Å². The predicted octanol–water partition coefficient (Wildman–Crippen LogP) is 3.29. The van der Waals surface area contributed by atoms with Gasteiger partial charge < -0.3 is 5.32 Å². The normalized spacial score (nSPS) is 11.7. The molecule has 0 spiro atoms. The number of anilines is 1. The van der Waals surface area contributed by atoms with E-state index in [1.807, 2.05) is 0 Å². The summed E-state index contributed by atoms with van der Waals surface area (Å²) in [5, 5.41) is 6.62. The van der Waals surface area contributed by atoms with E-state index >= 15 is 0 Å². The smallest absolute Gasteiger partial charge is 0.324 e. The highest BCUT2D eigenvalue weighted by molar-refractivity contribution is 5.83. The molecule has 0 fully saturated rings. The first-order valence-electron chi connectivity index (χ1n) is 6.64. The van der Waals surface area contributed by atoms with Gasteiger partial charge in [-0.2, -0.15) is 18.3 Å². The molecule has 0 unspecified atom stereocenters. The van der Waals surface area contributed by atoms with Crippen molar-refractivity contribution in [2.45, 2.75) is 13.1 Å². The van der Waals surface area contributed by atoms with Gasteiger partial charge in [-0.15, -0.1) is 0 Å². The van der Waals surface area contributed by atoms with E-state index in [0.29, 0.717) is 17.8 Å². The standard InChI is InChI=1S/C15H11F3N4O/c1-9-13(19-8-23)14-20-12(6-7-22(14)21-9)10-4-2-3-5-11(10)15(16,17)18/h2-8H,1H3,(H,19,23). The highest BCUT2D eigenvalue weighted by Gasteiger charge is 2.33. The number of benzene rings is 1. The molecule has 8 heteroatoms. The van der Waals surface area contributed by atoms with E-state index in [-0.39, 0.29) is 16.9 Å². The minimum absolute atomic E-state index is 0.0293. The molecule has 23 heavy (non-hydrogen) atoms. The van der Waals surface area contributed by atoms with E-state index in [9.17, 15) is 18.0 Å². The molecule has 1 amide bonds. The van der Waals surface area contributed by atoms with Gasteiger partial charge in [-0.25, -0.2) is 9.50 Å². The lowest BCUT2D eigenvalue weighted by Gasteiger charge is -2.12. The lowest BCUT2D eigenvalue weighted by atomic mass is 10.0. The minimum Gasteiger partial charge on any atom is -0.324 e. The molecule has 2 aromatic heterocycles. The molecule has 3 aromatic rings. The quantitative estimate of drug-likeness (QED) is 0.753. The van der Waals surface area contributed by atoms with Crippen molar-refractivity contribution >= 4 is 17.7 Å². The summed E-state index contributed by atoms with van der Waals surface area (Å²) in [6, 6.07) is 6.66. The summed E-state index contributed by atoms with van der Waals surface area (Å²) < 4.78 is 40.8. The van der Waals surface area contributed by atoms with Crippen LogP contribution in [0.25, 0.3) is 16.9 Å². The Bertz CT molecular complexity index is 886. The number of fused-ring (bicyclic) bond motifs is 1. The van der Waals surface area contributed by atoms with Crippen LogP contribution in [-0.4, -0.2) is 21.0 Å². The van der Waals surface area contributed by atoms with Crippen molar-refractivity contribution in [2.24, 2.45) is 0 Å². The van der Waals surface area contributed by atoms with Crippen LogP contribution in [0.15, 0.2) is 36.5 Å². The fourth-order valence-corrected chi connectivity index (χ4v) is 2.37. The van der Waals surface area contributed by atoms with Crippen molar-refractivity contribution in [3.8, 4) is 11.3 Å². The number of amides is 1. The van der Waals surface area contributed by atoms with E-state index in [0.717, 1.165) is 6.07 Å². The second kappa shape index (κ2) is 5.38. The SMILES string of the molecule is Cc1nn2ccc(-c3ccccc3C(F)(F)F)nc2c1NC=O. The lowest BCUT2D eigenvalue weighted by molar-refractivity contribution is -0.137. The second-order valence-electron chi connectivity index (χ2n) is 4.85. The van der Waals surface area contributed by atoms with Gasteiger partial charge >= 0.3 is 6.18 Å². The van der Waals surface area contributed by atoms with Crippen LogP contribution in [0.5, 0.6) is 0 Å². The maximum absolute atomic E-state index is 13.1. The van der Waals surface area contributed by atoms with Crippen molar-refractivity contribution in [3.63, 3.8) is 0 Å². The second-order valence-corrected chi connectivity index (χ2v) is 4.85. The maximum atomic E-state index is 13.1. The van der Waals surface area contributed by atoms with E-state index in [4.69, 9.17) is 0 Å². The van der Waals surface area contributed by atoms with Crippen LogP contribution < -0.4 is 5.32 Å². The van der Waals surface area contributed by atoms with E-state index in [1.54, 1.807) is 6.92 Å². The number of rotatable bonds is 3. The van der Waals surface area contributed by atoms with Crippen molar-refractivity contribution in [3.05, 3.63) is 47.8 Å². The Labute approximate surface area is 128 Å². The summed E-state index contributed by atoms with van der Waals surface area (Å²) >= 11 is 0. The Morgan fingerprint density at radius 3 is 2.65 bits per heavy atom. The highest BCUT2D eigenvalue weighted by atomic mass is 19.4. The number of nitrogens with zero attached hydrogens (tertiary/aromatic N) is 3. The third-order valence-electron chi connectivity index (χ3n) is 3.37. The topological polar surface area (TPSA) is 59.3 Å². The molecule has 0 saturated heterocycles. The highest BCUT2D eigenvalue weighted by Crippen LogP contribution is 2.36. The molecule has 2 heterocycles. The molecule has 0 atom stereocenters. The molecule has 118 valence electrons. The number of alkyl halides is 3. The monoisotopic (exact) mass is 320 g/mol. The molecule has 0 radical (unpaired) electrons. The average Bonchev–Trinajstić information content (AvgIpc) is 2.82. The lowest BCUT2D eigenvalue weighted by Crippen LogP contribution is -2.07. The largest absolute Gasteiger partial charge is 0.417 e. The van der Waals surface area contributed by atoms with Crippen molar-refractivity contribution in [1.29, 1.82) is 0 Å². The summed E-state index contributed by atoms with van der Waals surface area (Å²) in [6.45, 7) is 1.67. The number of hydrogen-bond donors (Lipinski definition) is 1. The molecule has 0 bridgehead atoms. The molecule has 0 aliphatic rings. The van der Waals surface area contributed by atoms with Gasteiger partial charge in [0.1, 0.15) is 5.69 Å². The van der Waals surface area contributed by atoms with Crippen molar-refractivity contribution < 1.29 is 18.0 Å². The van der Waals surface area contributed by atoms with Crippen LogP contribution in [0, 0.1) is 6.92 Å². The first-order chi connectivity index (χ1) is 10.9. The number of aryl methyl sites for hydroxylation is 1. The van der Waals surface area contributed by atoms with E-state index in [1.165, 1.54) is 35.0 Å². The molecule has 0 aliphatic carbocycles. The van der Waals surface area contributed by atoms with Crippen molar-refractivity contribution in [2.75, 3.05) is 5.32 Å². The minimum atomic E-state index is -4.48. The molecule has 1 N–H and O–H groups in total. The number of halogens is 3. The van der Waals surface area contributed by atoms with Gasteiger partial charge in [0.05, 0.1) is 17.0 Å². The number of nitrogens with one attached hydrogen (secondary N) is 1. The molecular weight excluding hydrogens is 309 g/mol. The summed E-state index contributed by atoms with van der Waals surface area (Å²) in [5.41, 5.74) is 0.525. The van der Waals surface area contributed by atoms with Crippen LogP contribution in [0.3, 0.4) is 0 Å².